The number of hydrogen-bond donors (Lipinski definition) is 2. The van der Waals surface area contributed by atoms with E-state index in [0.29, 0.717) is 12.2 Å². The van der Waals surface area contributed by atoms with E-state index in [1.807, 2.05) is 4.72 Å². The summed E-state index contributed by atoms with van der Waals surface area (Å²) < 4.78 is 55.1. The van der Waals surface area contributed by atoms with Crippen LogP contribution < -0.4 is 14.8 Å². The molecular formula is C15H18N2O7S2. The van der Waals surface area contributed by atoms with Gasteiger partial charge in [-0.3, -0.25) is 9.59 Å². The summed E-state index contributed by atoms with van der Waals surface area (Å²) in [6, 6.07) is 3.85. The fourth-order valence-corrected chi connectivity index (χ4v) is 5.65. The summed E-state index contributed by atoms with van der Waals surface area (Å²) in [7, 11) is -7.51. The molecule has 0 aromatic heterocycles. The number of benzene rings is 1. The minimum Gasteiger partial charge on any atom is -0.478 e. The lowest BCUT2D eigenvalue weighted by Crippen LogP contribution is -2.37. The van der Waals surface area contributed by atoms with Gasteiger partial charge < -0.3 is 10.1 Å². The molecule has 1 aromatic rings. The van der Waals surface area contributed by atoms with Gasteiger partial charge in [0.25, 0.3) is 15.9 Å². The molecular weight excluding hydrogens is 384 g/mol. The highest BCUT2D eigenvalue weighted by atomic mass is 32.2. The van der Waals surface area contributed by atoms with Gasteiger partial charge in [-0.1, -0.05) is 6.92 Å². The van der Waals surface area contributed by atoms with E-state index >= 15 is 0 Å². The van der Waals surface area contributed by atoms with Gasteiger partial charge in [0.2, 0.25) is 5.91 Å². The second kappa shape index (κ2) is 6.54. The van der Waals surface area contributed by atoms with Crippen molar-refractivity contribution in [2.24, 2.45) is 5.92 Å². The topological polar surface area (TPSA) is 136 Å². The molecule has 3 rings (SSSR count). The van der Waals surface area contributed by atoms with E-state index < -0.39 is 37.8 Å². The normalized spacial score (nSPS) is 24.3. The molecule has 142 valence electrons. The van der Waals surface area contributed by atoms with Gasteiger partial charge in [0, 0.05) is 0 Å². The summed E-state index contributed by atoms with van der Waals surface area (Å²) in [5.41, 5.74) is 0.193. The molecule has 1 fully saturated rings. The number of nitrogens with one attached hydrogen (secondary N) is 2. The Labute approximate surface area is 151 Å². The molecule has 0 spiro atoms. The maximum atomic E-state index is 12.4. The largest absolute Gasteiger partial charge is 0.478 e. The monoisotopic (exact) mass is 402 g/mol. The Morgan fingerprint density at radius 3 is 2.73 bits per heavy atom. The predicted octanol–water partition coefficient (Wildman–Crippen LogP) is 0.0357. The molecule has 0 bridgehead atoms. The molecule has 2 amide bonds. The van der Waals surface area contributed by atoms with E-state index in [1.165, 1.54) is 18.2 Å². The zero-order chi connectivity index (χ0) is 19.1. The minimum absolute atomic E-state index is 0.0934. The van der Waals surface area contributed by atoms with Gasteiger partial charge in [-0.2, -0.15) is 0 Å². The number of amides is 2. The lowest BCUT2D eigenvalue weighted by atomic mass is 10.1. The summed E-state index contributed by atoms with van der Waals surface area (Å²) in [5.74, 6) is -2.28. The van der Waals surface area contributed by atoms with Crippen LogP contribution in [-0.2, 0) is 29.4 Å². The Bertz CT molecular complexity index is 970. The highest BCUT2D eigenvalue weighted by molar-refractivity contribution is 7.91. The predicted molar refractivity (Wildman–Crippen MR) is 91.9 cm³/mol. The van der Waals surface area contributed by atoms with Crippen LogP contribution in [0, 0.1) is 5.92 Å². The Balaban J connectivity index is 1.79. The highest BCUT2D eigenvalue weighted by Gasteiger charge is 2.35. The zero-order valence-electron chi connectivity index (χ0n) is 13.9. The number of hydrogen-bond acceptors (Lipinski definition) is 7. The van der Waals surface area contributed by atoms with Crippen molar-refractivity contribution in [1.29, 1.82) is 0 Å². The van der Waals surface area contributed by atoms with E-state index in [-0.39, 0.29) is 34.4 Å². The van der Waals surface area contributed by atoms with Crippen LogP contribution in [0.25, 0.3) is 0 Å². The van der Waals surface area contributed by atoms with Gasteiger partial charge in [0.1, 0.15) is 5.75 Å². The van der Waals surface area contributed by atoms with Crippen molar-refractivity contribution in [2.45, 2.75) is 30.8 Å². The molecule has 2 heterocycles. The first-order chi connectivity index (χ1) is 12.1. The number of fused-ring (bicyclic) bond motifs is 1. The van der Waals surface area contributed by atoms with Crippen molar-refractivity contribution in [2.75, 3.05) is 16.8 Å². The van der Waals surface area contributed by atoms with Gasteiger partial charge in [0.05, 0.1) is 28.0 Å². The molecule has 1 saturated heterocycles. The molecule has 2 aliphatic heterocycles. The SMILES string of the molecule is CC[C@H]1Oc2ccc(S(=O)(=O)NC(=O)[C@@H]3CCS(=O)(=O)C3)cc2NC1=O. The van der Waals surface area contributed by atoms with Crippen molar-refractivity contribution >= 4 is 37.4 Å². The fraction of sp³-hybridized carbons (Fsp3) is 0.467. The van der Waals surface area contributed by atoms with Crippen molar-refractivity contribution in [3.8, 4) is 5.75 Å². The molecule has 0 unspecified atom stereocenters. The standard InChI is InChI=1S/C15H18N2O7S2/c1-2-12-15(19)16-11-7-10(3-4-13(11)24-12)26(22,23)17-14(18)9-5-6-25(20,21)8-9/h3-4,7,9,12H,2,5-6,8H2,1H3,(H,16,19)(H,17,18)/t9-,12-/m1/s1. The van der Waals surface area contributed by atoms with E-state index in [9.17, 15) is 26.4 Å². The maximum absolute atomic E-state index is 12.4. The second-order valence-electron chi connectivity index (χ2n) is 6.23. The molecule has 9 nitrogen and oxygen atoms in total. The quantitative estimate of drug-likeness (QED) is 0.725. The summed E-state index contributed by atoms with van der Waals surface area (Å²) in [5, 5.41) is 2.57. The van der Waals surface area contributed by atoms with E-state index in [2.05, 4.69) is 5.32 Å². The average molecular weight is 402 g/mol. The smallest absolute Gasteiger partial charge is 0.265 e. The Hall–Kier alpha value is -2.14. The molecule has 0 radical (unpaired) electrons. The number of carbonyl (C=O) groups is 2. The van der Waals surface area contributed by atoms with E-state index in [1.54, 1.807) is 6.92 Å². The van der Waals surface area contributed by atoms with Gasteiger partial charge in [-0.15, -0.1) is 0 Å². The highest BCUT2D eigenvalue weighted by Crippen LogP contribution is 2.32. The first-order valence-electron chi connectivity index (χ1n) is 8.00. The fourth-order valence-electron chi connectivity index (χ4n) is 2.84. The van der Waals surface area contributed by atoms with Crippen LogP contribution in [-0.4, -0.2) is 46.3 Å². The summed E-state index contributed by atoms with van der Waals surface area (Å²) in [6.45, 7) is 1.78. The number of sulfonamides is 1. The Morgan fingerprint density at radius 2 is 2.12 bits per heavy atom. The molecule has 26 heavy (non-hydrogen) atoms. The Morgan fingerprint density at radius 1 is 1.38 bits per heavy atom. The van der Waals surface area contributed by atoms with E-state index in [4.69, 9.17) is 4.74 Å². The number of carbonyl (C=O) groups excluding carboxylic acids is 2. The third-order valence-electron chi connectivity index (χ3n) is 4.29. The van der Waals surface area contributed by atoms with Crippen LogP contribution in [0.15, 0.2) is 23.1 Å². The van der Waals surface area contributed by atoms with Crippen LogP contribution in [0.4, 0.5) is 5.69 Å². The molecule has 0 aliphatic carbocycles. The summed E-state index contributed by atoms with van der Waals surface area (Å²) >= 11 is 0. The summed E-state index contributed by atoms with van der Waals surface area (Å²) in [6.07, 6.45) is -0.0871. The van der Waals surface area contributed by atoms with Crippen LogP contribution >= 0.6 is 0 Å². The summed E-state index contributed by atoms with van der Waals surface area (Å²) in [4.78, 5) is 23.7. The van der Waals surface area contributed by atoms with Gasteiger partial charge in [-0.05, 0) is 31.0 Å². The first kappa shape index (κ1) is 18.6. The molecule has 2 N–H and O–H groups in total. The van der Waals surface area contributed by atoms with Crippen molar-refractivity contribution in [3.05, 3.63) is 18.2 Å². The lowest BCUT2D eigenvalue weighted by molar-refractivity contribution is -0.124. The van der Waals surface area contributed by atoms with Crippen LogP contribution in [0.1, 0.15) is 19.8 Å². The van der Waals surface area contributed by atoms with Crippen molar-refractivity contribution in [3.63, 3.8) is 0 Å². The molecule has 2 atom stereocenters. The van der Waals surface area contributed by atoms with Crippen LogP contribution in [0.2, 0.25) is 0 Å². The van der Waals surface area contributed by atoms with Gasteiger partial charge in [0.15, 0.2) is 15.9 Å². The number of anilines is 1. The lowest BCUT2D eigenvalue weighted by Gasteiger charge is -2.25. The maximum Gasteiger partial charge on any atom is 0.265 e. The molecule has 1 aromatic carbocycles. The number of ether oxygens (including phenoxy) is 1. The minimum atomic E-state index is -4.21. The van der Waals surface area contributed by atoms with Gasteiger partial charge >= 0.3 is 0 Å². The average Bonchev–Trinajstić information content (AvgIpc) is 2.93. The van der Waals surface area contributed by atoms with E-state index in [0.717, 1.165) is 0 Å². The third kappa shape index (κ3) is 3.68. The molecule has 0 saturated carbocycles. The van der Waals surface area contributed by atoms with Crippen molar-refractivity contribution < 1.29 is 31.2 Å². The number of sulfone groups is 1. The number of rotatable bonds is 4. The van der Waals surface area contributed by atoms with Crippen molar-refractivity contribution in [1.82, 2.24) is 4.72 Å². The second-order valence-corrected chi connectivity index (χ2v) is 10.1. The third-order valence-corrected chi connectivity index (χ3v) is 7.40. The van der Waals surface area contributed by atoms with Crippen LogP contribution in [0.3, 0.4) is 0 Å². The molecule has 2 aliphatic rings. The first-order valence-corrected chi connectivity index (χ1v) is 11.3. The molecule has 11 heteroatoms. The van der Waals surface area contributed by atoms with Crippen LogP contribution in [0.5, 0.6) is 5.75 Å². The Kier molecular flexibility index (Phi) is 4.69. The zero-order valence-corrected chi connectivity index (χ0v) is 15.5. The van der Waals surface area contributed by atoms with Gasteiger partial charge in [-0.25, -0.2) is 21.6 Å².